The highest BCUT2D eigenvalue weighted by molar-refractivity contribution is 5.20. The molecule has 0 bridgehead atoms. The lowest BCUT2D eigenvalue weighted by Crippen LogP contribution is -2.37. The number of rotatable bonds is 3. The molecule has 0 heterocycles. The molecule has 1 nitrogen and oxygen atoms in total. The molecule has 2 rings (SSSR count). The van der Waals surface area contributed by atoms with Crippen LogP contribution in [0.4, 0.5) is 8.78 Å². The van der Waals surface area contributed by atoms with Gasteiger partial charge in [-0.3, -0.25) is 0 Å². The number of benzene rings is 1. The second-order valence-electron chi connectivity index (χ2n) is 4.86. The number of halogens is 2. The molecule has 1 aliphatic carbocycles. The maximum atomic E-state index is 13.6. The molecule has 3 heteroatoms. The van der Waals surface area contributed by atoms with E-state index in [1.165, 1.54) is 18.9 Å². The van der Waals surface area contributed by atoms with Gasteiger partial charge >= 0.3 is 0 Å². The van der Waals surface area contributed by atoms with E-state index in [1.807, 2.05) is 7.05 Å². The summed E-state index contributed by atoms with van der Waals surface area (Å²) in [6.07, 6.45) is 5.29. The van der Waals surface area contributed by atoms with Crippen molar-refractivity contribution in [1.29, 1.82) is 0 Å². The van der Waals surface area contributed by atoms with Gasteiger partial charge in [0.15, 0.2) is 11.6 Å². The van der Waals surface area contributed by atoms with Crippen molar-refractivity contribution in [3.05, 3.63) is 35.4 Å². The zero-order valence-corrected chi connectivity index (χ0v) is 10.2. The van der Waals surface area contributed by atoms with Crippen LogP contribution in [0.25, 0.3) is 0 Å². The first-order valence-electron chi connectivity index (χ1n) is 6.32. The summed E-state index contributed by atoms with van der Waals surface area (Å²) in [5.74, 6) is -0.989. The van der Waals surface area contributed by atoms with Crippen LogP contribution >= 0.6 is 0 Å². The van der Waals surface area contributed by atoms with E-state index < -0.39 is 11.6 Å². The fourth-order valence-corrected chi connectivity index (χ4v) is 2.82. The first kappa shape index (κ1) is 12.5. The summed E-state index contributed by atoms with van der Waals surface area (Å²) in [5, 5.41) is 3.29. The molecule has 0 radical (unpaired) electrons. The van der Waals surface area contributed by atoms with Crippen LogP contribution in [0, 0.1) is 17.6 Å². The molecule has 17 heavy (non-hydrogen) atoms. The van der Waals surface area contributed by atoms with Crippen molar-refractivity contribution in [2.45, 2.75) is 38.1 Å². The lowest BCUT2D eigenvalue weighted by atomic mass is 9.80. The van der Waals surface area contributed by atoms with E-state index in [4.69, 9.17) is 0 Å². The molecule has 2 atom stereocenters. The van der Waals surface area contributed by atoms with E-state index >= 15 is 0 Å². The normalized spacial score (nSPS) is 24.9. The molecule has 1 aliphatic rings. The zero-order valence-electron chi connectivity index (χ0n) is 10.2. The average molecular weight is 239 g/mol. The first-order valence-corrected chi connectivity index (χ1v) is 6.32. The van der Waals surface area contributed by atoms with E-state index in [1.54, 1.807) is 12.1 Å². The maximum absolute atomic E-state index is 13.6. The maximum Gasteiger partial charge on any atom is 0.162 e. The Hall–Kier alpha value is -0.960. The summed E-state index contributed by atoms with van der Waals surface area (Å²) in [6, 6.07) is 4.89. The third-order valence-electron chi connectivity index (χ3n) is 3.79. The molecule has 0 aliphatic heterocycles. The van der Waals surface area contributed by atoms with Gasteiger partial charge in [-0.25, -0.2) is 8.78 Å². The number of hydrogen-bond acceptors (Lipinski definition) is 1. The van der Waals surface area contributed by atoms with Crippen LogP contribution < -0.4 is 5.32 Å². The summed E-state index contributed by atoms with van der Waals surface area (Å²) >= 11 is 0. The van der Waals surface area contributed by atoms with Crippen molar-refractivity contribution in [3.63, 3.8) is 0 Å². The van der Waals surface area contributed by atoms with Gasteiger partial charge < -0.3 is 5.32 Å². The Morgan fingerprint density at radius 1 is 1.24 bits per heavy atom. The van der Waals surface area contributed by atoms with Crippen molar-refractivity contribution in [2.24, 2.45) is 5.92 Å². The summed E-state index contributed by atoms with van der Waals surface area (Å²) in [6.45, 7) is 0. The average Bonchev–Trinajstić information content (AvgIpc) is 2.35. The van der Waals surface area contributed by atoms with E-state index in [-0.39, 0.29) is 0 Å². The summed E-state index contributed by atoms with van der Waals surface area (Å²) < 4.78 is 26.7. The van der Waals surface area contributed by atoms with Crippen LogP contribution in [0.15, 0.2) is 18.2 Å². The minimum absolute atomic E-state index is 0.421. The second kappa shape index (κ2) is 5.58. The SMILES string of the molecule is CNC1CCCCC1Cc1cccc(F)c1F. The van der Waals surface area contributed by atoms with Crippen molar-refractivity contribution < 1.29 is 8.78 Å². The Morgan fingerprint density at radius 3 is 2.76 bits per heavy atom. The van der Waals surface area contributed by atoms with Crippen LogP contribution in [0.2, 0.25) is 0 Å². The summed E-state index contributed by atoms with van der Waals surface area (Å²) in [5.41, 5.74) is 0.511. The largest absolute Gasteiger partial charge is 0.317 e. The van der Waals surface area contributed by atoms with E-state index in [9.17, 15) is 8.78 Å². The molecule has 0 aromatic heterocycles. The quantitative estimate of drug-likeness (QED) is 0.853. The molecule has 94 valence electrons. The summed E-state index contributed by atoms with van der Waals surface area (Å²) in [4.78, 5) is 0. The van der Waals surface area contributed by atoms with Crippen molar-refractivity contribution in [1.82, 2.24) is 5.32 Å². The fraction of sp³-hybridized carbons (Fsp3) is 0.571. The molecule has 1 fully saturated rings. The second-order valence-corrected chi connectivity index (χ2v) is 4.86. The summed E-state index contributed by atoms with van der Waals surface area (Å²) in [7, 11) is 1.95. The van der Waals surface area contributed by atoms with Crippen LogP contribution in [0.5, 0.6) is 0 Å². The number of nitrogens with one attached hydrogen (secondary N) is 1. The van der Waals surface area contributed by atoms with Gasteiger partial charge in [-0.1, -0.05) is 25.0 Å². The van der Waals surface area contributed by atoms with E-state index in [0.717, 1.165) is 12.8 Å². The van der Waals surface area contributed by atoms with Gasteiger partial charge in [0.25, 0.3) is 0 Å². The van der Waals surface area contributed by atoms with Gasteiger partial charge in [-0.2, -0.15) is 0 Å². The molecule has 0 saturated heterocycles. The lowest BCUT2D eigenvalue weighted by molar-refractivity contribution is 0.270. The molecule has 0 amide bonds. The lowest BCUT2D eigenvalue weighted by Gasteiger charge is -2.31. The molecule has 1 aromatic carbocycles. The van der Waals surface area contributed by atoms with Crippen LogP contribution in [0.1, 0.15) is 31.2 Å². The molecule has 1 saturated carbocycles. The molecule has 1 N–H and O–H groups in total. The molecule has 2 unspecified atom stereocenters. The van der Waals surface area contributed by atoms with Crippen LogP contribution in [-0.2, 0) is 6.42 Å². The van der Waals surface area contributed by atoms with Gasteiger partial charge in [0.05, 0.1) is 0 Å². The highest BCUT2D eigenvalue weighted by atomic mass is 19.2. The smallest absolute Gasteiger partial charge is 0.162 e. The standard InChI is InChI=1S/C14H19F2N/c1-17-13-8-3-2-5-10(13)9-11-6-4-7-12(15)14(11)16/h4,6-7,10,13,17H,2-3,5,8-9H2,1H3. The van der Waals surface area contributed by atoms with Gasteiger partial charge in [0, 0.05) is 6.04 Å². The first-order chi connectivity index (χ1) is 8.22. The predicted molar refractivity (Wildman–Crippen MR) is 64.9 cm³/mol. The van der Waals surface area contributed by atoms with Crippen molar-refractivity contribution in [3.8, 4) is 0 Å². The fourth-order valence-electron chi connectivity index (χ4n) is 2.82. The topological polar surface area (TPSA) is 12.0 Å². The van der Waals surface area contributed by atoms with Crippen molar-refractivity contribution >= 4 is 0 Å². The molecular weight excluding hydrogens is 220 g/mol. The zero-order chi connectivity index (χ0) is 12.3. The highest BCUT2D eigenvalue weighted by Gasteiger charge is 2.25. The predicted octanol–water partition coefficient (Wildman–Crippen LogP) is 3.29. The van der Waals surface area contributed by atoms with Crippen LogP contribution in [0.3, 0.4) is 0 Å². The molecule has 1 aromatic rings. The number of hydrogen-bond donors (Lipinski definition) is 1. The van der Waals surface area contributed by atoms with Gasteiger partial charge in [-0.05, 0) is 43.9 Å². The van der Waals surface area contributed by atoms with E-state index in [2.05, 4.69) is 5.32 Å². The van der Waals surface area contributed by atoms with Crippen molar-refractivity contribution in [2.75, 3.05) is 7.05 Å². The van der Waals surface area contributed by atoms with Gasteiger partial charge in [0.2, 0.25) is 0 Å². The Morgan fingerprint density at radius 2 is 2.00 bits per heavy atom. The highest BCUT2D eigenvalue weighted by Crippen LogP contribution is 2.28. The third kappa shape index (κ3) is 2.83. The Labute approximate surface area is 101 Å². The monoisotopic (exact) mass is 239 g/mol. The Kier molecular flexibility index (Phi) is 4.11. The van der Waals surface area contributed by atoms with E-state index in [0.29, 0.717) is 23.9 Å². The Bertz CT molecular complexity index is 378. The minimum Gasteiger partial charge on any atom is -0.317 e. The Balaban J connectivity index is 2.11. The van der Waals surface area contributed by atoms with Gasteiger partial charge in [-0.15, -0.1) is 0 Å². The van der Waals surface area contributed by atoms with Crippen LogP contribution in [-0.4, -0.2) is 13.1 Å². The van der Waals surface area contributed by atoms with Gasteiger partial charge in [0.1, 0.15) is 0 Å². The third-order valence-corrected chi connectivity index (χ3v) is 3.79. The minimum atomic E-state index is -0.737. The molecular formula is C14H19F2N. The molecule has 0 spiro atoms.